The molecule has 2 aliphatic rings. The number of aliphatic imine (C=N–C) groups is 2. The number of rotatable bonds is 4. The summed E-state index contributed by atoms with van der Waals surface area (Å²) in [4.78, 5) is 9.66. The number of phenolic OH excluding ortho intramolecular Hbond substituents is 2. The molecule has 4 heteroatoms. The van der Waals surface area contributed by atoms with Gasteiger partial charge in [-0.25, -0.2) is 0 Å². The van der Waals surface area contributed by atoms with E-state index in [1.54, 1.807) is 12.1 Å². The van der Waals surface area contributed by atoms with Gasteiger partial charge in [-0.05, 0) is 36.4 Å². The fourth-order valence-electron chi connectivity index (χ4n) is 3.99. The van der Waals surface area contributed by atoms with Crippen LogP contribution in [0.1, 0.15) is 38.8 Å². The molecule has 2 N–H and O–H groups in total. The summed E-state index contributed by atoms with van der Waals surface area (Å²) >= 11 is 0. The Kier molecular flexibility index (Phi) is 4.73. The average Bonchev–Trinajstić information content (AvgIpc) is 3.38. The first-order valence-corrected chi connectivity index (χ1v) is 10.1. The highest BCUT2D eigenvalue weighted by atomic mass is 16.3. The highest BCUT2D eigenvalue weighted by molar-refractivity contribution is 6.08. The predicted octanol–water partition coefficient (Wildman–Crippen LogP) is 5.59. The van der Waals surface area contributed by atoms with Crippen LogP contribution in [-0.2, 0) is 10.8 Å². The average molecular weight is 399 g/mol. The van der Waals surface area contributed by atoms with Crippen LogP contribution in [0.2, 0.25) is 0 Å². The zero-order chi connectivity index (χ0) is 21.5. The second-order valence-corrected chi connectivity index (χ2v) is 8.72. The third kappa shape index (κ3) is 3.28. The molecule has 2 aromatic carbocycles. The van der Waals surface area contributed by atoms with Crippen LogP contribution in [0.5, 0.6) is 11.5 Å². The van der Waals surface area contributed by atoms with E-state index in [1.807, 2.05) is 60.7 Å². The second kappa shape index (κ2) is 7.13. The lowest BCUT2D eigenvalue weighted by Crippen LogP contribution is -2.27. The predicted molar refractivity (Wildman–Crippen MR) is 122 cm³/mol. The zero-order valence-corrected chi connectivity index (χ0v) is 17.7. The molecule has 152 valence electrons. The van der Waals surface area contributed by atoms with Gasteiger partial charge in [-0.3, -0.25) is 9.98 Å². The van der Waals surface area contributed by atoms with E-state index in [-0.39, 0.29) is 11.5 Å². The molecule has 0 saturated heterocycles. The van der Waals surface area contributed by atoms with Crippen LogP contribution < -0.4 is 0 Å². The van der Waals surface area contributed by atoms with Crippen LogP contribution >= 0.6 is 0 Å². The monoisotopic (exact) mass is 398 g/mol. The summed E-state index contributed by atoms with van der Waals surface area (Å²) in [5.74, 6) is 0.537. The molecule has 0 amide bonds. The minimum Gasteiger partial charge on any atom is -0.508 e. The van der Waals surface area contributed by atoms with E-state index >= 15 is 0 Å². The van der Waals surface area contributed by atoms with Crippen molar-refractivity contribution >= 4 is 11.4 Å². The largest absolute Gasteiger partial charge is 0.508 e. The summed E-state index contributed by atoms with van der Waals surface area (Å²) in [5, 5.41) is 20.6. The van der Waals surface area contributed by atoms with E-state index in [0.29, 0.717) is 0 Å². The lowest BCUT2D eigenvalue weighted by atomic mass is 9.79. The third-order valence-corrected chi connectivity index (χ3v) is 5.98. The molecule has 0 spiro atoms. The summed E-state index contributed by atoms with van der Waals surface area (Å²) in [6.45, 7) is 8.22. The number of para-hydroxylation sites is 2. The maximum absolute atomic E-state index is 10.3. The lowest BCUT2D eigenvalue weighted by Gasteiger charge is -2.25. The molecule has 0 unspecified atom stereocenters. The molecule has 4 rings (SSSR count). The number of benzene rings is 2. The highest BCUT2D eigenvalue weighted by Crippen LogP contribution is 2.37. The van der Waals surface area contributed by atoms with E-state index in [2.05, 4.69) is 27.7 Å². The maximum Gasteiger partial charge on any atom is 0.119 e. The summed E-state index contributed by atoms with van der Waals surface area (Å²) in [5.41, 5.74) is 4.16. The summed E-state index contributed by atoms with van der Waals surface area (Å²) in [6.07, 6.45) is 7.92. The zero-order valence-electron chi connectivity index (χ0n) is 17.7. The number of allylic oxidation sites excluding steroid dienone is 4. The molecule has 0 atom stereocenters. The quantitative estimate of drug-likeness (QED) is 0.705. The summed E-state index contributed by atoms with van der Waals surface area (Å²) in [7, 11) is 0. The Labute approximate surface area is 177 Å². The van der Waals surface area contributed by atoms with Crippen molar-refractivity contribution in [2.45, 2.75) is 38.5 Å². The van der Waals surface area contributed by atoms with Gasteiger partial charge in [0.1, 0.15) is 11.5 Å². The van der Waals surface area contributed by atoms with E-state index in [9.17, 15) is 10.2 Å². The molecule has 0 aliphatic carbocycles. The molecular weight excluding hydrogens is 372 g/mol. The highest BCUT2D eigenvalue weighted by Gasteiger charge is 2.32. The first-order valence-electron chi connectivity index (χ1n) is 10.1. The Balaban J connectivity index is 1.68. The Bertz CT molecular complexity index is 1070. The van der Waals surface area contributed by atoms with Crippen LogP contribution in [0.3, 0.4) is 0 Å². The molecule has 0 radical (unpaired) electrons. The summed E-state index contributed by atoms with van der Waals surface area (Å²) in [6, 6.07) is 14.7. The van der Waals surface area contributed by atoms with Crippen LogP contribution in [0, 0.1) is 0 Å². The molecule has 0 saturated carbocycles. The maximum atomic E-state index is 10.3. The van der Waals surface area contributed by atoms with Gasteiger partial charge in [-0.15, -0.1) is 0 Å². The van der Waals surface area contributed by atoms with Gasteiger partial charge in [0.15, 0.2) is 0 Å². The van der Waals surface area contributed by atoms with Gasteiger partial charge in [-0.2, -0.15) is 0 Å². The van der Waals surface area contributed by atoms with Crippen molar-refractivity contribution in [2.75, 3.05) is 0 Å². The van der Waals surface area contributed by atoms with Crippen LogP contribution in [0.4, 0.5) is 0 Å². The van der Waals surface area contributed by atoms with Crippen molar-refractivity contribution in [1.82, 2.24) is 0 Å². The number of nitrogens with zero attached hydrogens (tertiary/aromatic N) is 2. The van der Waals surface area contributed by atoms with Gasteiger partial charge in [0, 0.05) is 22.0 Å². The van der Waals surface area contributed by atoms with E-state index < -0.39 is 10.8 Å². The molecule has 0 fully saturated rings. The lowest BCUT2D eigenvalue weighted by molar-refractivity contribution is 0.458. The van der Waals surface area contributed by atoms with Crippen molar-refractivity contribution in [3.63, 3.8) is 0 Å². The topological polar surface area (TPSA) is 65.2 Å². The van der Waals surface area contributed by atoms with Gasteiger partial charge in [0.2, 0.25) is 0 Å². The van der Waals surface area contributed by atoms with Crippen molar-refractivity contribution in [3.8, 4) is 11.5 Å². The SMILES string of the molecule is CC(C)(C1=N/C(=C2/C=CC(C(C)(C)c3ccccc3O)=N2)C=C1)c1ccccc1O. The molecule has 0 aromatic heterocycles. The van der Waals surface area contributed by atoms with Crippen molar-refractivity contribution in [2.24, 2.45) is 9.98 Å². The Morgan fingerprint density at radius 1 is 0.567 bits per heavy atom. The Hall–Kier alpha value is -3.40. The minimum absolute atomic E-state index is 0.269. The smallest absolute Gasteiger partial charge is 0.119 e. The van der Waals surface area contributed by atoms with Gasteiger partial charge >= 0.3 is 0 Å². The molecule has 2 aliphatic heterocycles. The van der Waals surface area contributed by atoms with Crippen molar-refractivity contribution in [3.05, 3.63) is 95.4 Å². The van der Waals surface area contributed by atoms with Gasteiger partial charge in [0.25, 0.3) is 0 Å². The Morgan fingerprint density at radius 2 is 0.933 bits per heavy atom. The number of aromatic hydroxyl groups is 2. The van der Waals surface area contributed by atoms with Gasteiger partial charge in [0.05, 0.1) is 22.8 Å². The third-order valence-electron chi connectivity index (χ3n) is 5.98. The normalized spacial score (nSPS) is 18.7. The number of hydrogen-bond acceptors (Lipinski definition) is 4. The molecule has 2 aromatic rings. The molecular formula is C26H26N2O2. The molecule has 2 heterocycles. The van der Waals surface area contributed by atoms with Gasteiger partial charge < -0.3 is 10.2 Å². The van der Waals surface area contributed by atoms with Crippen molar-refractivity contribution < 1.29 is 10.2 Å². The van der Waals surface area contributed by atoms with E-state index in [1.165, 1.54) is 0 Å². The van der Waals surface area contributed by atoms with Gasteiger partial charge in [-0.1, -0.05) is 64.1 Å². The molecule has 30 heavy (non-hydrogen) atoms. The standard InChI is InChI=1S/C26H26N2O2/c1-25(2,17-9-5-7-11-21(17)29)23-15-13-19(27-23)20-14-16-24(28-20)26(3,4)18-10-6-8-12-22(18)30/h5-16,29-30H,1-4H3/b20-19-. The minimum atomic E-state index is -0.436. The first-order chi connectivity index (χ1) is 14.2. The van der Waals surface area contributed by atoms with E-state index in [0.717, 1.165) is 33.9 Å². The van der Waals surface area contributed by atoms with Crippen LogP contribution in [-0.4, -0.2) is 21.6 Å². The molecule has 4 nitrogen and oxygen atoms in total. The fraction of sp³-hybridized carbons (Fsp3) is 0.231. The fourth-order valence-corrected chi connectivity index (χ4v) is 3.99. The number of phenols is 2. The Morgan fingerprint density at radius 3 is 1.30 bits per heavy atom. The summed E-state index contributed by atoms with van der Waals surface area (Å²) < 4.78 is 0. The molecule has 0 bridgehead atoms. The first kappa shape index (κ1) is 19.9. The van der Waals surface area contributed by atoms with Crippen LogP contribution in [0.25, 0.3) is 0 Å². The number of hydrogen-bond donors (Lipinski definition) is 2. The second-order valence-electron chi connectivity index (χ2n) is 8.72. The van der Waals surface area contributed by atoms with Crippen LogP contribution in [0.15, 0.2) is 94.2 Å². The van der Waals surface area contributed by atoms with Crippen molar-refractivity contribution in [1.29, 1.82) is 0 Å². The van der Waals surface area contributed by atoms with E-state index in [4.69, 9.17) is 9.98 Å².